The molecule has 1 saturated heterocycles. The standard InChI is InChI=1S/C13H25N3O/c1-16-8-2-3-12(9-16)15-13(17)10-4-6-11(14)7-5-10/h10-12H,2-9,14H2,1H3,(H,15,17). The van der Waals surface area contributed by atoms with E-state index in [1.54, 1.807) is 0 Å². The molecule has 0 spiro atoms. The van der Waals surface area contributed by atoms with Crippen LogP contribution in [0.4, 0.5) is 0 Å². The Labute approximate surface area is 104 Å². The highest BCUT2D eigenvalue weighted by molar-refractivity contribution is 5.79. The van der Waals surface area contributed by atoms with Gasteiger partial charge in [-0.2, -0.15) is 0 Å². The maximum atomic E-state index is 12.1. The van der Waals surface area contributed by atoms with Crippen molar-refractivity contribution in [3.8, 4) is 0 Å². The largest absolute Gasteiger partial charge is 0.352 e. The average Bonchev–Trinajstić information content (AvgIpc) is 2.29. The van der Waals surface area contributed by atoms with Gasteiger partial charge in [0, 0.05) is 24.5 Å². The van der Waals surface area contributed by atoms with Crippen molar-refractivity contribution in [2.24, 2.45) is 11.7 Å². The number of rotatable bonds is 2. The van der Waals surface area contributed by atoms with Gasteiger partial charge in [-0.3, -0.25) is 4.79 Å². The lowest BCUT2D eigenvalue weighted by Gasteiger charge is -2.32. The van der Waals surface area contributed by atoms with Gasteiger partial charge in [0.2, 0.25) is 5.91 Å². The number of carbonyl (C=O) groups is 1. The minimum atomic E-state index is 0.210. The monoisotopic (exact) mass is 239 g/mol. The Morgan fingerprint density at radius 3 is 2.59 bits per heavy atom. The molecule has 0 aromatic heterocycles. The van der Waals surface area contributed by atoms with Crippen molar-refractivity contribution in [3.05, 3.63) is 0 Å². The first kappa shape index (κ1) is 12.8. The highest BCUT2D eigenvalue weighted by Gasteiger charge is 2.27. The van der Waals surface area contributed by atoms with E-state index in [1.165, 1.54) is 6.42 Å². The lowest BCUT2D eigenvalue weighted by molar-refractivity contribution is -0.127. The van der Waals surface area contributed by atoms with Gasteiger partial charge in [0.05, 0.1) is 0 Å². The fourth-order valence-corrected chi connectivity index (χ4v) is 2.98. The predicted octanol–water partition coefficient (Wildman–Crippen LogP) is 0.714. The van der Waals surface area contributed by atoms with Crippen LogP contribution in [0.3, 0.4) is 0 Å². The molecule has 2 rings (SSSR count). The molecule has 2 fully saturated rings. The van der Waals surface area contributed by atoms with Crippen molar-refractivity contribution in [1.82, 2.24) is 10.2 Å². The van der Waals surface area contributed by atoms with Crippen LogP contribution in [0.2, 0.25) is 0 Å². The molecule has 0 aromatic carbocycles. The number of nitrogens with zero attached hydrogens (tertiary/aromatic N) is 1. The molecule has 0 radical (unpaired) electrons. The Bertz CT molecular complexity index is 261. The zero-order valence-corrected chi connectivity index (χ0v) is 10.8. The lowest BCUT2D eigenvalue weighted by Crippen LogP contribution is -2.48. The summed E-state index contributed by atoms with van der Waals surface area (Å²) in [5.74, 6) is 0.472. The number of likely N-dealkylation sites (N-methyl/N-ethyl adjacent to an activating group) is 1. The van der Waals surface area contributed by atoms with Crippen molar-refractivity contribution < 1.29 is 4.79 Å². The fourth-order valence-electron chi connectivity index (χ4n) is 2.98. The number of hydrogen-bond donors (Lipinski definition) is 2. The first-order valence-corrected chi connectivity index (χ1v) is 6.89. The second-order valence-corrected chi connectivity index (χ2v) is 5.72. The van der Waals surface area contributed by atoms with E-state index in [-0.39, 0.29) is 11.8 Å². The minimum absolute atomic E-state index is 0.210. The van der Waals surface area contributed by atoms with Crippen LogP contribution in [-0.4, -0.2) is 43.0 Å². The van der Waals surface area contributed by atoms with Crippen molar-refractivity contribution in [3.63, 3.8) is 0 Å². The number of amides is 1. The van der Waals surface area contributed by atoms with Gasteiger partial charge in [-0.1, -0.05) is 0 Å². The van der Waals surface area contributed by atoms with Gasteiger partial charge in [0.15, 0.2) is 0 Å². The van der Waals surface area contributed by atoms with Gasteiger partial charge in [-0.05, 0) is 52.1 Å². The second kappa shape index (κ2) is 5.83. The third-order valence-electron chi connectivity index (χ3n) is 4.11. The zero-order valence-electron chi connectivity index (χ0n) is 10.8. The van der Waals surface area contributed by atoms with Gasteiger partial charge < -0.3 is 16.0 Å². The van der Waals surface area contributed by atoms with Crippen molar-refractivity contribution in [2.45, 2.75) is 50.6 Å². The highest BCUT2D eigenvalue weighted by atomic mass is 16.1. The second-order valence-electron chi connectivity index (χ2n) is 5.72. The molecule has 1 atom stereocenters. The van der Waals surface area contributed by atoms with E-state index >= 15 is 0 Å². The molecule has 4 nitrogen and oxygen atoms in total. The van der Waals surface area contributed by atoms with Gasteiger partial charge in [-0.15, -0.1) is 0 Å². The molecule has 17 heavy (non-hydrogen) atoms. The Morgan fingerprint density at radius 1 is 1.24 bits per heavy atom. The molecule has 1 unspecified atom stereocenters. The zero-order chi connectivity index (χ0) is 12.3. The van der Waals surface area contributed by atoms with E-state index in [2.05, 4.69) is 17.3 Å². The van der Waals surface area contributed by atoms with Crippen LogP contribution in [0.25, 0.3) is 0 Å². The van der Waals surface area contributed by atoms with Crippen LogP contribution in [0.15, 0.2) is 0 Å². The molecule has 0 bridgehead atoms. The van der Waals surface area contributed by atoms with Gasteiger partial charge in [-0.25, -0.2) is 0 Å². The highest BCUT2D eigenvalue weighted by Crippen LogP contribution is 2.23. The normalized spacial score (nSPS) is 35.5. The maximum absolute atomic E-state index is 12.1. The average molecular weight is 239 g/mol. The number of carbonyl (C=O) groups excluding carboxylic acids is 1. The number of likely N-dealkylation sites (tertiary alicyclic amines) is 1. The predicted molar refractivity (Wildman–Crippen MR) is 68.6 cm³/mol. The molecule has 1 amide bonds. The van der Waals surface area contributed by atoms with Gasteiger partial charge >= 0.3 is 0 Å². The van der Waals surface area contributed by atoms with E-state index in [4.69, 9.17) is 5.73 Å². The molecule has 1 saturated carbocycles. The summed E-state index contributed by atoms with van der Waals surface area (Å²) in [6.45, 7) is 2.16. The smallest absolute Gasteiger partial charge is 0.223 e. The van der Waals surface area contributed by atoms with Crippen molar-refractivity contribution in [1.29, 1.82) is 0 Å². The molecule has 1 aliphatic carbocycles. The summed E-state index contributed by atoms with van der Waals surface area (Å²) in [7, 11) is 2.12. The summed E-state index contributed by atoms with van der Waals surface area (Å²) < 4.78 is 0. The Morgan fingerprint density at radius 2 is 1.94 bits per heavy atom. The van der Waals surface area contributed by atoms with E-state index in [0.717, 1.165) is 45.2 Å². The fraction of sp³-hybridized carbons (Fsp3) is 0.923. The Balaban J connectivity index is 1.76. The van der Waals surface area contributed by atoms with E-state index < -0.39 is 0 Å². The molecular weight excluding hydrogens is 214 g/mol. The summed E-state index contributed by atoms with van der Waals surface area (Å²) in [5, 5.41) is 3.21. The van der Waals surface area contributed by atoms with Gasteiger partial charge in [0.1, 0.15) is 0 Å². The summed E-state index contributed by atoms with van der Waals surface area (Å²) in [5.41, 5.74) is 5.86. The van der Waals surface area contributed by atoms with E-state index in [9.17, 15) is 4.79 Å². The number of hydrogen-bond acceptors (Lipinski definition) is 3. The summed E-state index contributed by atoms with van der Waals surface area (Å²) in [6.07, 6.45) is 6.26. The van der Waals surface area contributed by atoms with Crippen LogP contribution in [-0.2, 0) is 4.79 Å². The molecule has 3 N–H and O–H groups in total. The van der Waals surface area contributed by atoms with Crippen LogP contribution < -0.4 is 11.1 Å². The molecular formula is C13H25N3O. The number of nitrogens with two attached hydrogens (primary N) is 1. The molecule has 0 aromatic rings. The van der Waals surface area contributed by atoms with Crippen LogP contribution in [0.1, 0.15) is 38.5 Å². The van der Waals surface area contributed by atoms with Crippen LogP contribution >= 0.6 is 0 Å². The number of piperidine rings is 1. The van der Waals surface area contributed by atoms with Crippen molar-refractivity contribution >= 4 is 5.91 Å². The maximum Gasteiger partial charge on any atom is 0.223 e. The quantitative estimate of drug-likeness (QED) is 0.746. The lowest BCUT2D eigenvalue weighted by atomic mass is 9.85. The van der Waals surface area contributed by atoms with Crippen LogP contribution in [0, 0.1) is 5.92 Å². The summed E-state index contributed by atoms with van der Waals surface area (Å²) in [6, 6.07) is 0.678. The van der Waals surface area contributed by atoms with E-state index in [1.807, 2.05) is 0 Å². The first-order chi connectivity index (χ1) is 8.15. The topological polar surface area (TPSA) is 58.4 Å². The van der Waals surface area contributed by atoms with Crippen molar-refractivity contribution in [2.75, 3.05) is 20.1 Å². The van der Waals surface area contributed by atoms with Crippen LogP contribution in [0.5, 0.6) is 0 Å². The van der Waals surface area contributed by atoms with E-state index in [0.29, 0.717) is 12.1 Å². The Kier molecular flexibility index (Phi) is 4.40. The first-order valence-electron chi connectivity index (χ1n) is 6.89. The number of nitrogens with one attached hydrogen (secondary N) is 1. The molecule has 2 aliphatic rings. The summed E-state index contributed by atoms with van der Waals surface area (Å²) in [4.78, 5) is 14.4. The Hall–Kier alpha value is -0.610. The third-order valence-corrected chi connectivity index (χ3v) is 4.11. The SMILES string of the molecule is CN1CCCC(NC(=O)C2CCC(N)CC2)C1. The molecule has 1 aliphatic heterocycles. The molecule has 98 valence electrons. The minimum Gasteiger partial charge on any atom is -0.352 e. The third kappa shape index (κ3) is 3.68. The molecule has 1 heterocycles. The molecule has 4 heteroatoms. The van der Waals surface area contributed by atoms with Gasteiger partial charge in [0.25, 0.3) is 0 Å². The summed E-state index contributed by atoms with van der Waals surface area (Å²) >= 11 is 0.